The molecule has 0 bridgehead atoms. The molecule has 1 aliphatic heterocycles. The smallest absolute Gasteiger partial charge is 0.260 e. The Kier molecular flexibility index (Phi) is 3.75. The van der Waals surface area contributed by atoms with Crippen molar-refractivity contribution in [2.24, 2.45) is 0 Å². The Morgan fingerprint density at radius 3 is 2.43 bits per heavy atom. The van der Waals surface area contributed by atoms with Crippen molar-refractivity contribution < 1.29 is 12.8 Å². The Morgan fingerprint density at radius 2 is 1.76 bits per heavy atom. The summed E-state index contributed by atoms with van der Waals surface area (Å²) in [7, 11) is -3.61. The second kappa shape index (κ2) is 5.55. The first-order valence-corrected chi connectivity index (χ1v) is 8.04. The lowest BCUT2D eigenvalue weighted by Crippen LogP contribution is -2.46. The molecule has 1 aliphatic rings. The van der Waals surface area contributed by atoms with Gasteiger partial charge in [0.15, 0.2) is 5.03 Å². The number of rotatable bonds is 3. The molecule has 1 aromatic carbocycles. The lowest BCUT2D eigenvalue weighted by molar-refractivity contribution is 0.358. The van der Waals surface area contributed by atoms with Crippen molar-refractivity contribution in [2.45, 2.75) is 5.03 Å². The van der Waals surface area contributed by atoms with Crippen LogP contribution in [-0.2, 0) is 10.0 Å². The number of nitrogens with one attached hydrogen (secondary N) is 1. The van der Waals surface area contributed by atoms with Gasteiger partial charge in [0.25, 0.3) is 10.0 Å². The van der Waals surface area contributed by atoms with E-state index in [2.05, 4.69) is 10.4 Å². The fraction of sp³-hybridized carbons (Fsp3) is 0.308. The third-order valence-corrected chi connectivity index (χ3v) is 5.24. The molecule has 0 aliphatic carbocycles. The zero-order valence-electron chi connectivity index (χ0n) is 11.2. The van der Waals surface area contributed by atoms with Crippen molar-refractivity contribution in [3.05, 3.63) is 42.3 Å². The molecule has 0 saturated carbocycles. The minimum atomic E-state index is -3.61. The topological polar surface area (TPSA) is 67.2 Å². The zero-order chi connectivity index (χ0) is 14.9. The molecular weight excluding hydrogens is 295 g/mol. The van der Waals surface area contributed by atoms with E-state index in [1.807, 2.05) is 0 Å². The normalized spacial score (nSPS) is 17.0. The SMILES string of the molecule is O=S(=O)(c1ccnn1-c1ccc(F)cc1)N1CCNCC1. The average Bonchev–Trinajstić information content (AvgIpc) is 2.99. The fourth-order valence-electron chi connectivity index (χ4n) is 2.28. The van der Waals surface area contributed by atoms with Crippen LogP contribution < -0.4 is 5.32 Å². The van der Waals surface area contributed by atoms with Crippen LogP contribution in [0.3, 0.4) is 0 Å². The van der Waals surface area contributed by atoms with Crippen LogP contribution in [0.4, 0.5) is 4.39 Å². The Hall–Kier alpha value is -1.77. The summed E-state index contributed by atoms with van der Waals surface area (Å²) in [5, 5.41) is 7.26. The maximum Gasteiger partial charge on any atom is 0.260 e. The van der Waals surface area contributed by atoms with Gasteiger partial charge in [-0.3, -0.25) is 0 Å². The molecule has 0 amide bonds. The fourth-order valence-corrected chi connectivity index (χ4v) is 3.81. The lowest BCUT2D eigenvalue weighted by Gasteiger charge is -2.26. The quantitative estimate of drug-likeness (QED) is 0.902. The summed E-state index contributed by atoms with van der Waals surface area (Å²) >= 11 is 0. The first-order valence-electron chi connectivity index (χ1n) is 6.60. The number of nitrogens with zero attached hydrogens (tertiary/aromatic N) is 3. The molecule has 6 nitrogen and oxygen atoms in total. The van der Waals surface area contributed by atoms with Crippen LogP contribution in [0, 0.1) is 5.82 Å². The number of sulfonamides is 1. The van der Waals surface area contributed by atoms with Crippen LogP contribution in [0.1, 0.15) is 0 Å². The molecule has 2 aromatic rings. The van der Waals surface area contributed by atoms with Gasteiger partial charge in [0, 0.05) is 26.2 Å². The van der Waals surface area contributed by atoms with Gasteiger partial charge in [-0.15, -0.1) is 0 Å². The second-order valence-corrected chi connectivity index (χ2v) is 6.60. The van der Waals surface area contributed by atoms with Crippen molar-refractivity contribution in [1.29, 1.82) is 0 Å². The van der Waals surface area contributed by atoms with Crippen molar-refractivity contribution in [3.8, 4) is 5.69 Å². The van der Waals surface area contributed by atoms with E-state index in [0.717, 1.165) is 0 Å². The van der Waals surface area contributed by atoms with Crippen molar-refractivity contribution in [1.82, 2.24) is 19.4 Å². The number of aromatic nitrogens is 2. The Morgan fingerprint density at radius 1 is 1.10 bits per heavy atom. The lowest BCUT2D eigenvalue weighted by atomic mass is 10.3. The minimum absolute atomic E-state index is 0.0935. The molecule has 8 heteroatoms. The van der Waals surface area contributed by atoms with Gasteiger partial charge in [0.1, 0.15) is 5.82 Å². The Balaban J connectivity index is 2.00. The molecule has 2 heterocycles. The van der Waals surface area contributed by atoms with E-state index in [-0.39, 0.29) is 10.8 Å². The average molecular weight is 310 g/mol. The van der Waals surface area contributed by atoms with Gasteiger partial charge in [-0.1, -0.05) is 0 Å². The van der Waals surface area contributed by atoms with Gasteiger partial charge in [-0.2, -0.15) is 9.40 Å². The van der Waals surface area contributed by atoms with Gasteiger partial charge in [-0.25, -0.2) is 17.5 Å². The first kappa shape index (κ1) is 14.2. The first-order chi connectivity index (χ1) is 10.1. The molecule has 0 atom stereocenters. The highest BCUT2D eigenvalue weighted by Gasteiger charge is 2.29. The van der Waals surface area contributed by atoms with E-state index in [4.69, 9.17) is 0 Å². The zero-order valence-corrected chi connectivity index (χ0v) is 12.1. The van der Waals surface area contributed by atoms with Crippen LogP contribution >= 0.6 is 0 Å². The molecule has 21 heavy (non-hydrogen) atoms. The molecule has 1 fully saturated rings. The summed E-state index contributed by atoms with van der Waals surface area (Å²) in [5.41, 5.74) is 0.509. The van der Waals surface area contributed by atoms with Crippen LogP contribution in [-0.4, -0.2) is 48.7 Å². The van der Waals surface area contributed by atoms with E-state index in [1.165, 1.54) is 45.5 Å². The van der Waals surface area contributed by atoms with Crippen LogP contribution in [0.5, 0.6) is 0 Å². The number of piperazine rings is 1. The molecule has 0 spiro atoms. The van der Waals surface area contributed by atoms with Gasteiger partial charge in [0.2, 0.25) is 0 Å². The number of hydrogen-bond donors (Lipinski definition) is 1. The molecule has 112 valence electrons. The van der Waals surface area contributed by atoms with Gasteiger partial charge >= 0.3 is 0 Å². The Bertz CT molecular complexity index is 721. The maximum atomic E-state index is 13.0. The number of benzene rings is 1. The largest absolute Gasteiger partial charge is 0.314 e. The van der Waals surface area contributed by atoms with Gasteiger partial charge in [0.05, 0.1) is 11.9 Å². The highest BCUT2D eigenvalue weighted by molar-refractivity contribution is 7.89. The van der Waals surface area contributed by atoms with Crippen molar-refractivity contribution in [3.63, 3.8) is 0 Å². The third kappa shape index (κ3) is 2.69. The third-order valence-electron chi connectivity index (χ3n) is 3.36. The highest BCUT2D eigenvalue weighted by atomic mass is 32.2. The van der Waals surface area contributed by atoms with Crippen molar-refractivity contribution in [2.75, 3.05) is 26.2 Å². The van der Waals surface area contributed by atoms with Crippen LogP contribution in [0.2, 0.25) is 0 Å². The van der Waals surface area contributed by atoms with Crippen molar-refractivity contribution >= 4 is 10.0 Å². The van der Waals surface area contributed by atoms with Crippen LogP contribution in [0.15, 0.2) is 41.6 Å². The highest BCUT2D eigenvalue weighted by Crippen LogP contribution is 2.19. The number of hydrogen-bond acceptors (Lipinski definition) is 4. The predicted molar refractivity (Wildman–Crippen MR) is 75.2 cm³/mol. The van der Waals surface area contributed by atoms with E-state index >= 15 is 0 Å². The molecular formula is C13H15FN4O2S. The summed E-state index contributed by atoms with van der Waals surface area (Å²) in [6.07, 6.45) is 1.43. The summed E-state index contributed by atoms with van der Waals surface area (Å²) in [5.74, 6) is -0.377. The summed E-state index contributed by atoms with van der Waals surface area (Å²) < 4.78 is 41.1. The molecule has 3 rings (SSSR count). The van der Waals surface area contributed by atoms with E-state index in [1.54, 1.807) is 0 Å². The molecule has 1 aromatic heterocycles. The van der Waals surface area contributed by atoms with Gasteiger partial charge < -0.3 is 5.32 Å². The van der Waals surface area contributed by atoms with E-state index in [9.17, 15) is 12.8 Å². The van der Waals surface area contributed by atoms with E-state index < -0.39 is 10.0 Å². The molecule has 1 saturated heterocycles. The second-order valence-electron chi connectivity index (χ2n) is 4.71. The standard InChI is InChI=1S/C13H15FN4O2S/c14-11-1-3-12(4-2-11)18-13(5-6-16-18)21(19,20)17-9-7-15-8-10-17/h1-6,15H,7-10H2. The molecule has 0 radical (unpaired) electrons. The summed E-state index contributed by atoms with van der Waals surface area (Å²) in [4.78, 5) is 0. The van der Waals surface area contributed by atoms with Crippen LogP contribution in [0.25, 0.3) is 5.69 Å². The number of halogens is 1. The molecule has 0 unspecified atom stereocenters. The maximum absolute atomic E-state index is 13.0. The minimum Gasteiger partial charge on any atom is -0.314 e. The van der Waals surface area contributed by atoms with E-state index in [0.29, 0.717) is 31.9 Å². The summed E-state index contributed by atoms with van der Waals surface area (Å²) in [6.45, 7) is 2.11. The summed E-state index contributed by atoms with van der Waals surface area (Å²) in [6, 6.07) is 7.01. The molecule has 1 N–H and O–H groups in total. The Labute approximate surface area is 122 Å². The predicted octanol–water partition coefficient (Wildman–Crippen LogP) is 0.605. The monoisotopic (exact) mass is 310 g/mol. The van der Waals surface area contributed by atoms with Gasteiger partial charge in [-0.05, 0) is 30.3 Å².